The van der Waals surface area contributed by atoms with Crippen LogP contribution in [0.4, 0.5) is 4.39 Å². The van der Waals surface area contributed by atoms with Gasteiger partial charge in [0.15, 0.2) is 11.6 Å². The van der Waals surface area contributed by atoms with Gasteiger partial charge in [-0.2, -0.15) is 0 Å². The molecule has 0 aliphatic heterocycles. The molecular weight excluding hydrogens is 497 g/mol. The molecular formula is C27H19B2FN6O3. The van der Waals surface area contributed by atoms with Crippen LogP contribution in [0.25, 0.3) is 33.4 Å². The van der Waals surface area contributed by atoms with Crippen LogP contribution in [-0.2, 0) is 7.05 Å². The first-order chi connectivity index (χ1) is 18.7. The van der Waals surface area contributed by atoms with Crippen LogP contribution < -0.4 is 20.4 Å². The number of aromatic nitrogens is 6. The lowest BCUT2D eigenvalue weighted by molar-refractivity contribution is 0.373. The molecule has 0 bridgehead atoms. The molecule has 4 aromatic heterocycles. The van der Waals surface area contributed by atoms with Gasteiger partial charge in [-0.3, -0.25) is 0 Å². The predicted octanol–water partition coefficient (Wildman–Crippen LogP) is 2.32. The number of aryl methyl sites for hydroxylation is 3. The van der Waals surface area contributed by atoms with Crippen LogP contribution in [0.2, 0.25) is 0 Å². The third-order valence-electron chi connectivity index (χ3n) is 6.31. The molecule has 0 fully saturated rings. The largest absolute Gasteiger partial charge is 0.505 e. The van der Waals surface area contributed by atoms with E-state index in [0.717, 1.165) is 0 Å². The van der Waals surface area contributed by atoms with Crippen molar-refractivity contribution in [3.05, 3.63) is 53.8 Å². The summed E-state index contributed by atoms with van der Waals surface area (Å²) < 4.78 is 28.7. The Morgan fingerprint density at radius 1 is 1.10 bits per heavy atom. The van der Waals surface area contributed by atoms with Gasteiger partial charge in [0.2, 0.25) is 5.75 Å². The SMILES string of the molecule is [B]c1c(O)c(Oc2nccc(C)n2)c(F)c([B])c1-c1c(-c2cnc(C#C)cc2OC)n(C)c2ncnc(C)c12. The zero-order valence-electron chi connectivity index (χ0n) is 21.4. The highest BCUT2D eigenvalue weighted by Crippen LogP contribution is 2.44. The van der Waals surface area contributed by atoms with Crippen LogP contribution >= 0.6 is 0 Å². The van der Waals surface area contributed by atoms with Crippen molar-refractivity contribution in [3.63, 3.8) is 0 Å². The first kappa shape index (κ1) is 25.7. The van der Waals surface area contributed by atoms with Crippen molar-refractivity contribution in [3.8, 4) is 58.0 Å². The summed E-state index contributed by atoms with van der Waals surface area (Å²) in [4.78, 5) is 21.1. The number of phenols is 1. The topological polar surface area (TPSA) is 108 Å². The quantitative estimate of drug-likeness (QED) is 0.280. The highest BCUT2D eigenvalue weighted by molar-refractivity contribution is 6.46. The molecule has 5 aromatic rings. The zero-order valence-corrected chi connectivity index (χ0v) is 21.4. The third kappa shape index (κ3) is 4.12. The number of methoxy groups -OCH3 is 1. The number of hydrogen-bond acceptors (Lipinski definition) is 8. The molecule has 0 aliphatic rings. The summed E-state index contributed by atoms with van der Waals surface area (Å²) >= 11 is 0. The second kappa shape index (κ2) is 9.76. The highest BCUT2D eigenvalue weighted by atomic mass is 19.1. The van der Waals surface area contributed by atoms with Crippen LogP contribution in [-0.4, -0.2) is 57.4 Å². The molecule has 0 saturated carbocycles. The number of aromatic hydroxyl groups is 1. The van der Waals surface area contributed by atoms with Gasteiger partial charge in [-0.25, -0.2) is 29.3 Å². The van der Waals surface area contributed by atoms with Crippen LogP contribution in [0.5, 0.6) is 23.3 Å². The molecule has 0 spiro atoms. The number of hydrogen-bond donors (Lipinski definition) is 1. The summed E-state index contributed by atoms with van der Waals surface area (Å²) in [6.45, 7) is 3.48. The Labute approximate surface area is 225 Å². The molecule has 4 heterocycles. The van der Waals surface area contributed by atoms with E-state index in [-0.39, 0.29) is 22.5 Å². The molecule has 188 valence electrons. The number of halogens is 1. The smallest absolute Gasteiger partial charge is 0.322 e. The van der Waals surface area contributed by atoms with E-state index in [4.69, 9.17) is 31.6 Å². The summed E-state index contributed by atoms with van der Waals surface area (Å²) in [5.41, 5.74) is 2.75. The molecule has 9 nitrogen and oxygen atoms in total. The maximum atomic E-state index is 15.8. The van der Waals surface area contributed by atoms with E-state index in [1.54, 1.807) is 37.6 Å². The van der Waals surface area contributed by atoms with Crippen molar-refractivity contribution in [2.24, 2.45) is 7.05 Å². The number of rotatable bonds is 5. The van der Waals surface area contributed by atoms with Crippen LogP contribution in [0, 0.1) is 32.0 Å². The van der Waals surface area contributed by atoms with Gasteiger partial charge in [-0.15, -0.1) is 6.42 Å². The Morgan fingerprint density at radius 2 is 1.87 bits per heavy atom. The number of pyridine rings is 1. The van der Waals surface area contributed by atoms with Crippen LogP contribution in [0.15, 0.2) is 30.9 Å². The molecule has 0 atom stereocenters. The van der Waals surface area contributed by atoms with E-state index in [2.05, 4.69) is 30.8 Å². The number of benzene rings is 1. The molecule has 0 aliphatic carbocycles. The molecule has 39 heavy (non-hydrogen) atoms. The minimum absolute atomic E-state index is 0.0177. The van der Waals surface area contributed by atoms with E-state index in [1.165, 1.54) is 25.8 Å². The van der Waals surface area contributed by atoms with Gasteiger partial charge >= 0.3 is 6.01 Å². The zero-order chi connectivity index (χ0) is 28.0. The lowest BCUT2D eigenvalue weighted by Crippen LogP contribution is -2.24. The Bertz CT molecular complexity index is 1800. The van der Waals surface area contributed by atoms with E-state index in [1.807, 2.05) is 0 Å². The number of nitrogens with zero attached hydrogens (tertiary/aromatic N) is 6. The average Bonchev–Trinajstić information content (AvgIpc) is 3.22. The van der Waals surface area contributed by atoms with Crippen molar-refractivity contribution >= 4 is 37.7 Å². The van der Waals surface area contributed by atoms with E-state index in [9.17, 15) is 5.11 Å². The second-order valence-corrected chi connectivity index (χ2v) is 8.63. The fraction of sp³-hybridized carbons (Fsp3) is 0.148. The van der Waals surface area contributed by atoms with Crippen molar-refractivity contribution in [1.29, 1.82) is 0 Å². The van der Waals surface area contributed by atoms with E-state index in [0.29, 0.717) is 50.7 Å². The predicted molar refractivity (Wildman–Crippen MR) is 146 cm³/mol. The third-order valence-corrected chi connectivity index (χ3v) is 6.31. The fourth-order valence-electron chi connectivity index (χ4n) is 4.47. The number of ether oxygens (including phenoxy) is 2. The summed E-state index contributed by atoms with van der Waals surface area (Å²) in [7, 11) is 16.1. The van der Waals surface area contributed by atoms with Gasteiger partial charge in [0, 0.05) is 42.2 Å². The first-order valence-electron chi connectivity index (χ1n) is 11.6. The Morgan fingerprint density at radius 3 is 2.56 bits per heavy atom. The maximum Gasteiger partial charge on any atom is 0.322 e. The fourth-order valence-corrected chi connectivity index (χ4v) is 4.47. The summed E-state index contributed by atoms with van der Waals surface area (Å²) in [5.74, 6) is 0.542. The molecule has 5 rings (SSSR count). The molecule has 0 saturated heterocycles. The van der Waals surface area contributed by atoms with E-state index >= 15 is 4.39 Å². The molecule has 12 heteroatoms. The molecule has 1 aromatic carbocycles. The van der Waals surface area contributed by atoms with Gasteiger partial charge in [0.25, 0.3) is 0 Å². The Hall–Kier alpha value is -4.91. The minimum Gasteiger partial charge on any atom is -0.505 e. The molecule has 0 unspecified atom stereocenters. The number of fused-ring (bicyclic) bond motifs is 1. The Kier molecular flexibility index (Phi) is 6.44. The summed E-state index contributed by atoms with van der Waals surface area (Å²) in [6, 6.07) is 3.05. The van der Waals surface area contributed by atoms with Crippen molar-refractivity contribution < 1.29 is 19.0 Å². The van der Waals surface area contributed by atoms with Crippen molar-refractivity contribution in [2.75, 3.05) is 7.11 Å². The summed E-state index contributed by atoms with van der Waals surface area (Å²) in [5, 5.41) is 11.6. The molecule has 4 radical (unpaired) electrons. The standard InChI is InChI=1S/C27H19B2FN6O3/c1-6-14-9-16(38-5)15(10-32-14)23-18(17-13(3)33-11-34-26(17)36(23)4)19-20(28)22(30)25(24(37)21(19)29)39-27-31-8-7-12(2)35-27/h1,7-11,37H,2-5H3. The van der Waals surface area contributed by atoms with Gasteiger partial charge in [-0.1, -0.05) is 11.4 Å². The average molecular weight is 516 g/mol. The maximum absolute atomic E-state index is 15.8. The monoisotopic (exact) mass is 516 g/mol. The molecule has 1 N–H and O–H groups in total. The first-order valence-corrected chi connectivity index (χ1v) is 11.6. The van der Waals surface area contributed by atoms with Gasteiger partial charge in [0.1, 0.15) is 39.1 Å². The lowest BCUT2D eigenvalue weighted by Gasteiger charge is -2.20. The van der Waals surface area contributed by atoms with Crippen LogP contribution in [0.3, 0.4) is 0 Å². The van der Waals surface area contributed by atoms with E-state index < -0.39 is 17.3 Å². The second-order valence-electron chi connectivity index (χ2n) is 8.63. The normalized spacial score (nSPS) is 11.0. The Balaban J connectivity index is 1.86. The lowest BCUT2D eigenvalue weighted by atomic mass is 9.75. The number of phenolic OH excluding ortho intramolecular Hbond substituents is 1. The van der Waals surface area contributed by atoms with Crippen molar-refractivity contribution in [2.45, 2.75) is 13.8 Å². The summed E-state index contributed by atoms with van der Waals surface area (Å²) in [6.07, 6.45) is 9.91. The van der Waals surface area contributed by atoms with Gasteiger partial charge in [0.05, 0.1) is 24.1 Å². The minimum atomic E-state index is -1.05. The highest BCUT2D eigenvalue weighted by Gasteiger charge is 2.29. The molecule has 0 amide bonds. The van der Waals surface area contributed by atoms with Crippen LogP contribution in [0.1, 0.15) is 17.1 Å². The van der Waals surface area contributed by atoms with Gasteiger partial charge < -0.3 is 19.1 Å². The number of terminal acetylenes is 1. The van der Waals surface area contributed by atoms with Crippen molar-refractivity contribution in [1.82, 2.24) is 29.5 Å². The van der Waals surface area contributed by atoms with Gasteiger partial charge in [-0.05, 0) is 30.9 Å².